The van der Waals surface area contributed by atoms with Crippen molar-refractivity contribution in [3.63, 3.8) is 0 Å². The maximum absolute atomic E-state index is 6.10. The van der Waals surface area contributed by atoms with E-state index < -0.39 is 0 Å². The van der Waals surface area contributed by atoms with E-state index in [0.29, 0.717) is 5.92 Å². The summed E-state index contributed by atoms with van der Waals surface area (Å²) in [6.07, 6.45) is 1.01. The Balaban J connectivity index is 2.40. The smallest absolute Gasteiger partial charge is 0.0412 e. The van der Waals surface area contributed by atoms with Gasteiger partial charge in [-0.2, -0.15) is 0 Å². The van der Waals surface area contributed by atoms with Crippen LogP contribution in [0.15, 0.2) is 42.5 Å². The van der Waals surface area contributed by atoms with Crippen LogP contribution in [0.2, 0.25) is 5.02 Å². The van der Waals surface area contributed by atoms with Gasteiger partial charge in [0, 0.05) is 5.02 Å². The van der Waals surface area contributed by atoms with Gasteiger partial charge in [-0.15, -0.1) is 0 Å². The lowest BCUT2D eigenvalue weighted by molar-refractivity contribution is 0.690. The van der Waals surface area contributed by atoms with E-state index >= 15 is 0 Å². The van der Waals surface area contributed by atoms with E-state index in [9.17, 15) is 0 Å². The van der Waals surface area contributed by atoms with Gasteiger partial charge < -0.3 is 5.73 Å². The summed E-state index contributed by atoms with van der Waals surface area (Å²) in [7, 11) is 0. The Labute approximate surface area is 120 Å². The molecule has 0 saturated carbocycles. The van der Waals surface area contributed by atoms with Crippen molar-refractivity contribution in [3.05, 3.63) is 58.6 Å². The third kappa shape index (κ3) is 3.37. The SMILES string of the molecule is Cc1ccc(Cl)cc1-c1cccc(C(C)CCN)c1. The molecule has 0 fully saturated rings. The minimum Gasteiger partial charge on any atom is -0.330 e. The summed E-state index contributed by atoms with van der Waals surface area (Å²) in [5, 5.41) is 0.779. The molecule has 0 aliphatic rings. The molecule has 1 nitrogen and oxygen atoms in total. The number of benzene rings is 2. The Kier molecular flexibility index (Phi) is 4.62. The summed E-state index contributed by atoms with van der Waals surface area (Å²) < 4.78 is 0. The molecule has 0 aromatic heterocycles. The first-order chi connectivity index (χ1) is 9.11. The number of rotatable bonds is 4. The first-order valence-corrected chi connectivity index (χ1v) is 7.06. The van der Waals surface area contributed by atoms with Crippen LogP contribution in [0, 0.1) is 6.92 Å². The number of hydrogen-bond donors (Lipinski definition) is 1. The molecule has 0 aliphatic carbocycles. The highest BCUT2D eigenvalue weighted by Crippen LogP contribution is 2.29. The van der Waals surface area contributed by atoms with E-state index in [4.69, 9.17) is 17.3 Å². The van der Waals surface area contributed by atoms with Crippen molar-refractivity contribution >= 4 is 11.6 Å². The second-order valence-electron chi connectivity index (χ2n) is 5.06. The molecule has 0 heterocycles. The van der Waals surface area contributed by atoms with E-state index in [1.54, 1.807) is 0 Å². The van der Waals surface area contributed by atoms with Gasteiger partial charge in [0.05, 0.1) is 0 Å². The first-order valence-electron chi connectivity index (χ1n) is 6.68. The summed E-state index contributed by atoms with van der Waals surface area (Å²) in [6, 6.07) is 14.7. The highest BCUT2D eigenvalue weighted by Gasteiger charge is 2.08. The Bertz CT molecular complexity index is 563. The molecule has 100 valence electrons. The Morgan fingerprint density at radius 2 is 1.95 bits per heavy atom. The van der Waals surface area contributed by atoms with Gasteiger partial charge in [-0.05, 0) is 60.2 Å². The van der Waals surface area contributed by atoms with Gasteiger partial charge in [-0.1, -0.05) is 48.9 Å². The molecule has 0 radical (unpaired) electrons. The molecule has 0 aliphatic heterocycles. The van der Waals surface area contributed by atoms with Crippen LogP contribution in [0.1, 0.15) is 30.4 Å². The standard InChI is InChI=1S/C17H20ClN/c1-12(8-9-19)14-4-3-5-15(10-14)17-11-16(18)7-6-13(17)2/h3-7,10-12H,8-9,19H2,1-2H3. The minimum absolute atomic E-state index is 0.490. The van der Waals surface area contributed by atoms with Crippen molar-refractivity contribution in [2.75, 3.05) is 6.54 Å². The Morgan fingerprint density at radius 3 is 2.68 bits per heavy atom. The zero-order valence-corrected chi connectivity index (χ0v) is 12.2. The molecule has 1 atom stereocenters. The maximum atomic E-state index is 6.10. The second-order valence-corrected chi connectivity index (χ2v) is 5.50. The van der Waals surface area contributed by atoms with Crippen LogP contribution < -0.4 is 5.73 Å². The molecule has 0 bridgehead atoms. The third-order valence-electron chi connectivity index (χ3n) is 3.57. The molecular formula is C17H20ClN. The lowest BCUT2D eigenvalue weighted by Gasteiger charge is -2.13. The summed E-state index contributed by atoms with van der Waals surface area (Å²) in [6.45, 7) is 5.06. The van der Waals surface area contributed by atoms with Crippen LogP contribution in [0.4, 0.5) is 0 Å². The molecule has 19 heavy (non-hydrogen) atoms. The van der Waals surface area contributed by atoms with Gasteiger partial charge >= 0.3 is 0 Å². The van der Waals surface area contributed by atoms with Crippen LogP contribution >= 0.6 is 11.6 Å². The molecule has 2 aromatic rings. The molecule has 2 N–H and O–H groups in total. The number of aryl methyl sites for hydroxylation is 1. The first kappa shape index (κ1) is 14.1. The summed E-state index contributed by atoms with van der Waals surface area (Å²) in [5.74, 6) is 0.490. The molecular weight excluding hydrogens is 254 g/mol. The normalized spacial score (nSPS) is 12.4. The van der Waals surface area contributed by atoms with E-state index in [0.717, 1.165) is 18.0 Å². The molecule has 2 aromatic carbocycles. The molecule has 0 spiro atoms. The molecule has 2 rings (SSSR count). The van der Waals surface area contributed by atoms with Crippen LogP contribution in [0.3, 0.4) is 0 Å². The van der Waals surface area contributed by atoms with Crippen molar-refractivity contribution in [2.24, 2.45) is 5.73 Å². The van der Waals surface area contributed by atoms with Crippen LogP contribution in [-0.2, 0) is 0 Å². The predicted molar refractivity (Wildman–Crippen MR) is 83.7 cm³/mol. The average Bonchev–Trinajstić information content (AvgIpc) is 2.42. The third-order valence-corrected chi connectivity index (χ3v) is 3.80. The number of halogens is 1. The zero-order chi connectivity index (χ0) is 13.8. The number of nitrogens with two attached hydrogens (primary N) is 1. The lowest BCUT2D eigenvalue weighted by atomic mass is 9.93. The fraction of sp³-hybridized carbons (Fsp3) is 0.294. The van der Waals surface area contributed by atoms with Crippen molar-refractivity contribution in [2.45, 2.75) is 26.2 Å². The highest BCUT2D eigenvalue weighted by molar-refractivity contribution is 6.30. The quantitative estimate of drug-likeness (QED) is 0.853. The van der Waals surface area contributed by atoms with Crippen LogP contribution in [-0.4, -0.2) is 6.54 Å². The second kappa shape index (κ2) is 6.23. The van der Waals surface area contributed by atoms with Gasteiger partial charge in [0.2, 0.25) is 0 Å². The predicted octanol–water partition coefficient (Wildman–Crippen LogP) is 4.77. The average molecular weight is 274 g/mol. The largest absolute Gasteiger partial charge is 0.330 e. The molecule has 2 heteroatoms. The van der Waals surface area contributed by atoms with Gasteiger partial charge in [0.1, 0.15) is 0 Å². The van der Waals surface area contributed by atoms with Gasteiger partial charge in [-0.3, -0.25) is 0 Å². The van der Waals surface area contributed by atoms with Crippen LogP contribution in [0.5, 0.6) is 0 Å². The van der Waals surface area contributed by atoms with Gasteiger partial charge in [-0.25, -0.2) is 0 Å². The highest BCUT2D eigenvalue weighted by atomic mass is 35.5. The van der Waals surface area contributed by atoms with E-state index in [2.05, 4.69) is 44.2 Å². The summed E-state index contributed by atoms with van der Waals surface area (Å²) in [5.41, 5.74) is 10.6. The topological polar surface area (TPSA) is 26.0 Å². The van der Waals surface area contributed by atoms with E-state index in [-0.39, 0.29) is 0 Å². The Morgan fingerprint density at radius 1 is 1.16 bits per heavy atom. The van der Waals surface area contributed by atoms with Crippen molar-refractivity contribution in [3.8, 4) is 11.1 Å². The monoisotopic (exact) mass is 273 g/mol. The maximum Gasteiger partial charge on any atom is 0.0412 e. The lowest BCUT2D eigenvalue weighted by Crippen LogP contribution is -2.04. The van der Waals surface area contributed by atoms with Gasteiger partial charge in [0.15, 0.2) is 0 Å². The summed E-state index contributed by atoms with van der Waals surface area (Å²) in [4.78, 5) is 0. The zero-order valence-electron chi connectivity index (χ0n) is 11.5. The van der Waals surface area contributed by atoms with Crippen molar-refractivity contribution < 1.29 is 0 Å². The Hall–Kier alpha value is -1.31. The van der Waals surface area contributed by atoms with E-state index in [1.165, 1.54) is 22.3 Å². The van der Waals surface area contributed by atoms with E-state index in [1.807, 2.05) is 12.1 Å². The number of hydrogen-bond acceptors (Lipinski definition) is 1. The summed E-state index contributed by atoms with van der Waals surface area (Å²) >= 11 is 6.10. The molecule has 0 saturated heterocycles. The van der Waals surface area contributed by atoms with Crippen molar-refractivity contribution in [1.29, 1.82) is 0 Å². The van der Waals surface area contributed by atoms with Crippen molar-refractivity contribution in [1.82, 2.24) is 0 Å². The minimum atomic E-state index is 0.490. The van der Waals surface area contributed by atoms with Gasteiger partial charge in [0.25, 0.3) is 0 Å². The fourth-order valence-electron chi connectivity index (χ4n) is 2.33. The fourth-order valence-corrected chi connectivity index (χ4v) is 2.51. The molecule has 1 unspecified atom stereocenters. The molecule has 0 amide bonds. The van der Waals surface area contributed by atoms with Crippen LogP contribution in [0.25, 0.3) is 11.1 Å².